The highest BCUT2D eigenvalue weighted by Gasteiger charge is 2.26. The highest BCUT2D eigenvalue weighted by Crippen LogP contribution is 2.24. The molecule has 4 aromatic rings. The van der Waals surface area contributed by atoms with Gasteiger partial charge in [0.05, 0.1) is 19.2 Å². The summed E-state index contributed by atoms with van der Waals surface area (Å²) in [4.78, 5) is 27.6. The molecule has 2 aliphatic heterocycles. The fraction of sp³-hybridized carbons (Fsp3) is 0.379. The van der Waals surface area contributed by atoms with Crippen molar-refractivity contribution in [1.29, 1.82) is 0 Å². The number of imidazole rings is 1. The molecule has 2 fully saturated rings. The van der Waals surface area contributed by atoms with E-state index in [-0.39, 0.29) is 17.9 Å². The number of aromatic carboxylic acids is 1. The lowest BCUT2D eigenvalue weighted by atomic mass is 10.1. The van der Waals surface area contributed by atoms with E-state index in [1.807, 2.05) is 41.0 Å². The number of aromatic nitrogens is 4. The summed E-state index contributed by atoms with van der Waals surface area (Å²) in [5.41, 5.74) is 3.45. The van der Waals surface area contributed by atoms with Gasteiger partial charge in [0, 0.05) is 49.1 Å². The lowest BCUT2D eigenvalue weighted by Gasteiger charge is -2.32. The van der Waals surface area contributed by atoms with Gasteiger partial charge in [-0.1, -0.05) is 23.7 Å². The van der Waals surface area contributed by atoms with Gasteiger partial charge in [-0.3, -0.25) is 9.88 Å². The van der Waals surface area contributed by atoms with E-state index in [2.05, 4.69) is 14.9 Å². The van der Waals surface area contributed by atoms with Crippen molar-refractivity contribution >= 4 is 28.7 Å². The molecule has 9 nitrogen and oxygen atoms in total. The molecule has 1 atom stereocenters. The third-order valence-corrected chi connectivity index (χ3v) is 7.61. The number of fused-ring (bicyclic) bond motifs is 1. The van der Waals surface area contributed by atoms with E-state index in [0.717, 1.165) is 73.2 Å². The lowest BCUT2D eigenvalue weighted by molar-refractivity contribution is -0.0593. The molecule has 202 valence electrons. The van der Waals surface area contributed by atoms with Gasteiger partial charge in [-0.15, -0.1) is 0 Å². The molecule has 0 aliphatic carbocycles. The van der Waals surface area contributed by atoms with Crippen LogP contribution in [0.15, 0.2) is 54.7 Å². The van der Waals surface area contributed by atoms with Crippen LogP contribution in [0.1, 0.15) is 46.8 Å². The van der Waals surface area contributed by atoms with Gasteiger partial charge in [0.1, 0.15) is 23.2 Å². The Morgan fingerprint density at radius 2 is 1.87 bits per heavy atom. The number of benzene rings is 1. The molecule has 5 heterocycles. The maximum Gasteiger partial charge on any atom is 0.354 e. The van der Waals surface area contributed by atoms with Gasteiger partial charge in [-0.25, -0.2) is 14.8 Å². The summed E-state index contributed by atoms with van der Waals surface area (Å²) in [6.45, 7) is 3.81. The zero-order chi connectivity index (χ0) is 26.8. The van der Waals surface area contributed by atoms with E-state index in [9.17, 15) is 9.90 Å². The Balaban J connectivity index is 1.09. The molecule has 2 saturated heterocycles. The summed E-state index contributed by atoms with van der Waals surface area (Å²) in [6, 6.07) is 15.0. The SMILES string of the molecule is O=C(O)c1ccc2nc(CN3CCC(Oc4ccnc(Cc5ccc(Cl)cc5)c4)CC3)n(C[C@@H]3CCO3)c2n1. The molecular weight excluding hydrogens is 518 g/mol. The molecule has 1 aromatic carbocycles. The molecule has 0 bridgehead atoms. The molecule has 0 radical (unpaired) electrons. The molecule has 6 rings (SSSR count). The fourth-order valence-corrected chi connectivity index (χ4v) is 5.25. The zero-order valence-electron chi connectivity index (χ0n) is 21.5. The molecule has 1 N–H and O–H groups in total. The van der Waals surface area contributed by atoms with Gasteiger partial charge in [-0.05, 0) is 55.2 Å². The first-order valence-corrected chi connectivity index (χ1v) is 13.7. The number of piperidine rings is 1. The van der Waals surface area contributed by atoms with E-state index in [1.165, 1.54) is 6.07 Å². The molecule has 0 spiro atoms. The van der Waals surface area contributed by atoms with Gasteiger partial charge < -0.3 is 19.1 Å². The monoisotopic (exact) mass is 547 g/mol. The number of rotatable bonds is 9. The van der Waals surface area contributed by atoms with Gasteiger partial charge in [0.25, 0.3) is 0 Å². The average molecular weight is 548 g/mol. The number of ether oxygens (including phenoxy) is 2. The van der Waals surface area contributed by atoms with Crippen LogP contribution in [0.4, 0.5) is 0 Å². The number of carboxylic acids is 1. The second kappa shape index (κ2) is 11.3. The minimum Gasteiger partial charge on any atom is -0.490 e. The predicted molar refractivity (Wildman–Crippen MR) is 146 cm³/mol. The number of halogens is 1. The topological polar surface area (TPSA) is 103 Å². The summed E-state index contributed by atoms with van der Waals surface area (Å²) in [6.07, 6.45) is 5.56. The van der Waals surface area contributed by atoms with Crippen LogP contribution >= 0.6 is 11.6 Å². The largest absolute Gasteiger partial charge is 0.490 e. The smallest absolute Gasteiger partial charge is 0.354 e. The van der Waals surface area contributed by atoms with Gasteiger partial charge in [0.15, 0.2) is 11.3 Å². The van der Waals surface area contributed by atoms with Gasteiger partial charge in [0.2, 0.25) is 0 Å². The van der Waals surface area contributed by atoms with Crippen molar-refractivity contribution in [3.05, 3.63) is 82.5 Å². The molecule has 39 heavy (non-hydrogen) atoms. The van der Waals surface area contributed by atoms with Crippen LogP contribution in [0.3, 0.4) is 0 Å². The zero-order valence-corrected chi connectivity index (χ0v) is 22.3. The predicted octanol–water partition coefficient (Wildman–Crippen LogP) is 4.60. The minimum absolute atomic E-state index is 0.0233. The van der Waals surface area contributed by atoms with E-state index in [0.29, 0.717) is 24.3 Å². The van der Waals surface area contributed by atoms with Crippen LogP contribution in [0.25, 0.3) is 11.2 Å². The van der Waals surface area contributed by atoms with Crippen LogP contribution in [0.5, 0.6) is 5.75 Å². The number of nitrogens with zero attached hydrogens (tertiary/aromatic N) is 5. The molecule has 0 amide bonds. The third kappa shape index (κ3) is 6.06. The number of carboxylic acid groups (broad SMARTS) is 1. The van der Waals surface area contributed by atoms with E-state index in [4.69, 9.17) is 26.1 Å². The van der Waals surface area contributed by atoms with Crippen LogP contribution in [0.2, 0.25) is 5.02 Å². The quantitative estimate of drug-likeness (QED) is 0.324. The first-order valence-electron chi connectivity index (χ1n) is 13.3. The van der Waals surface area contributed by atoms with Crippen molar-refractivity contribution in [2.24, 2.45) is 0 Å². The van der Waals surface area contributed by atoms with Crippen LogP contribution in [-0.2, 0) is 24.2 Å². The Bertz CT molecular complexity index is 1460. The molecule has 3 aromatic heterocycles. The molecular formula is C29H30ClN5O4. The van der Waals surface area contributed by atoms with E-state index < -0.39 is 5.97 Å². The van der Waals surface area contributed by atoms with Gasteiger partial charge >= 0.3 is 5.97 Å². The summed E-state index contributed by atoms with van der Waals surface area (Å²) in [7, 11) is 0. The standard InChI is InChI=1S/C29H30ClN5O4/c30-20-3-1-19(2-4-20)15-21-16-23(7-11-31-21)39-22-8-12-34(13-9-22)18-27-32-25-5-6-26(29(36)37)33-28(25)35(27)17-24-10-14-38-24/h1-7,11,16,22,24H,8-10,12-15,17-18H2,(H,36,37)/t24-/m0/s1. The maximum absolute atomic E-state index is 11.5. The Morgan fingerprint density at radius 3 is 2.59 bits per heavy atom. The Kier molecular flexibility index (Phi) is 7.45. The van der Waals surface area contributed by atoms with E-state index in [1.54, 1.807) is 12.3 Å². The van der Waals surface area contributed by atoms with Crippen LogP contribution in [0, 0.1) is 0 Å². The third-order valence-electron chi connectivity index (χ3n) is 7.36. The summed E-state index contributed by atoms with van der Waals surface area (Å²) in [5.74, 6) is 0.686. The lowest BCUT2D eigenvalue weighted by Crippen LogP contribution is -2.39. The minimum atomic E-state index is -1.04. The van der Waals surface area contributed by atoms with E-state index >= 15 is 0 Å². The highest BCUT2D eigenvalue weighted by atomic mass is 35.5. The second-order valence-corrected chi connectivity index (χ2v) is 10.6. The van der Waals surface area contributed by atoms with Crippen molar-refractivity contribution in [2.45, 2.75) is 51.0 Å². The Labute approximate surface area is 231 Å². The van der Waals surface area contributed by atoms with Gasteiger partial charge in [-0.2, -0.15) is 0 Å². The maximum atomic E-state index is 11.5. The summed E-state index contributed by atoms with van der Waals surface area (Å²) in [5, 5.41) is 10.1. The molecule has 2 aliphatic rings. The number of pyridine rings is 2. The highest BCUT2D eigenvalue weighted by molar-refractivity contribution is 6.30. The van der Waals surface area contributed by atoms with Crippen LogP contribution in [-0.4, -0.2) is 67.4 Å². The first kappa shape index (κ1) is 25.7. The van der Waals surface area contributed by atoms with Crippen LogP contribution < -0.4 is 4.74 Å². The molecule has 0 saturated carbocycles. The number of hydrogen-bond acceptors (Lipinski definition) is 7. The average Bonchev–Trinajstić information content (AvgIpc) is 3.25. The number of hydrogen-bond donors (Lipinski definition) is 1. The number of carbonyl (C=O) groups is 1. The molecule has 0 unspecified atom stereocenters. The van der Waals surface area contributed by atoms with Crippen molar-refractivity contribution in [2.75, 3.05) is 19.7 Å². The normalized spacial score (nSPS) is 18.2. The van der Waals surface area contributed by atoms with Crippen molar-refractivity contribution in [1.82, 2.24) is 24.4 Å². The first-order chi connectivity index (χ1) is 19.0. The summed E-state index contributed by atoms with van der Waals surface area (Å²) < 4.78 is 14.0. The summed E-state index contributed by atoms with van der Waals surface area (Å²) >= 11 is 6.00. The second-order valence-electron chi connectivity index (χ2n) is 10.1. The van der Waals surface area contributed by atoms with Crippen molar-refractivity contribution in [3.63, 3.8) is 0 Å². The Hall–Kier alpha value is -3.53. The number of likely N-dealkylation sites (tertiary alicyclic amines) is 1. The van der Waals surface area contributed by atoms with Crippen molar-refractivity contribution < 1.29 is 19.4 Å². The van der Waals surface area contributed by atoms with Crippen molar-refractivity contribution in [3.8, 4) is 5.75 Å². The Morgan fingerprint density at radius 1 is 1.08 bits per heavy atom. The molecule has 10 heteroatoms. The fourth-order valence-electron chi connectivity index (χ4n) is 5.13.